The largest absolute Gasteiger partial charge is 0.396 e. The highest BCUT2D eigenvalue weighted by molar-refractivity contribution is 5.94. The zero-order valence-corrected chi connectivity index (χ0v) is 13.2. The topological polar surface area (TPSA) is 80.0 Å². The van der Waals surface area contributed by atoms with Crippen molar-refractivity contribution in [3.05, 3.63) is 42.6 Å². The summed E-state index contributed by atoms with van der Waals surface area (Å²) in [5.74, 6) is 0.523. The van der Waals surface area contributed by atoms with Crippen LogP contribution in [0.2, 0.25) is 0 Å². The summed E-state index contributed by atoms with van der Waals surface area (Å²) in [6, 6.07) is 3.41. The number of pyridine rings is 1. The van der Waals surface area contributed by atoms with E-state index in [1.54, 1.807) is 41.6 Å². The van der Waals surface area contributed by atoms with Crippen molar-refractivity contribution in [1.29, 1.82) is 0 Å². The molecule has 2 N–H and O–H groups in total. The van der Waals surface area contributed by atoms with Crippen molar-refractivity contribution in [3.63, 3.8) is 0 Å². The molecule has 0 aromatic carbocycles. The van der Waals surface area contributed by atoms with Crippen LogP contribution in [0.1, 0.15) is 37.6 Å². The lowest BCUT2D eigenvalue weighted by atomic mass is 9.85. The molecule has 22 heavy (non-hydrogen) atoms. The summed E-state index contributed by atoms with van der Waals surface area (Å²) in [6.45, 7) is 6.15. The van der Waals surface area contributed by atoms with Gasteiger partial charge in [-0.05, 0) is 24.0 Å². The Morgan fingerprint density at radius 2 is 2.18 bits per heavy atom. The molecular formula is C16H22N4O2. The van der Waals surface area contributed by atoms with E-state index in [2.05, 4.69) is 15.3 Å². The molecule has 0 bridgehead atoms. The van der Waals surface area contributed by atoms with Gasteiger partial charge in [-0.3, -0.25) is 9.36 Å². The second kappa shape index (κ2) is 6.70. The van der Waals surface area contributed by atoms with Crippen molar-refractivity contribution >= 4 is 5.91 Å². The van der Waals surface area contributed by atoms with Gasteiger partial charge < -0.3 is 10.4 Å². The van der Waals surface area contributed by atoms with Crippen molar-refractivity contribution in [2.45, 2.75) is 33.2 Å². The lowest BCUT2D eigenvalue weighted by Crippen LogP contribution is -2.44. The van der Waals surface area contributed by atoms with Crippen LogP contribution < -0.4 is 5.32 Å². The predicted octanol–water partition coefficient (Wildman–Crippen LogP) is 1.79. The number of nitrogens with one attached hydrogen (secondary N) is 1. The molecule has 2 aromatic rings. The van der Waals surface area contributed by atoms with Gasteiger partial charge in [0.25, 0.3) is 5.91 Å². The molecule has 0 aliphatic heterocycles. The minimum atomic E-state index is -0.182. The minimum Gasteiger partial charge on any atom is -0.396 e. The number of aliphatic hydroxyl groups is 1. The summed E-state index contributed by atoms with van der Waals surface area (Å²) < 4.78 is 1.77. The lowest BCUT2D eigenvalue weighted by molar-refractivity contribution is 0.0885. The molecule has 0 aliphatic rings. The third kappa shape index (κ3) is 3.92. The van der Waals surface area contributed by atoms with Gasteiger partial charge in [0.2, 0.25) is 0 Å². The molecule has 0 saturated carbocycles. The smallest absolute Gasteiger partial charge is 0.253 e. The molecule has 6 heteroatoms. The van der Waals surface area contributed by atoms with E-state index in [1.165, 1.54) is 0 Å². The first-order valence-corrected chi connectivity index (χ1v) is 7.28. The molecule has 2 heterocycles. The molecule has 1 amide bonds. The lowest BCUT2D eigenvalue weighted by Gasteiger charge is -2.31. The Morgan fingerprint density at radius 3 is 2.68 bits per heavy atom. The molecule has 0 aliphatic carbocycles. The van der Waals surface area contributed by atoms with Crippen LogP contribution in [-0.4, -0.2) is 38.2 Å². The Bertz CT molecular complexity index is 600. The summed E-state index contributed by atoms with van der Waals surface area (Å²) in [4.78, 5) is 20.6. The van der Waals surface area contributed by atoms with E-state index >= 15 is 0 Å². The Hall–Kier alpha value is -2.21. The van der Waals surface area contributed by atoms with Gasteiger partial charge in [-0.2, -0.15) is 0 Å². The Kier molecular flexibility index (Phi) is 4.92. The molecule has 0 radical (unpaired) electrons. The number of hydrogen-bond donors (Lipinski definition) is 2. The zero-order chi connectivity index (χ0) is 16.2. The molecule has 2 rings (SSSR count). The van der Waals surface area contributed by atoms with E-state index in [1.807, 2.05) is 20.8 Å². The van der Waals surface area contributed by atoms with E-state index in [9.17, 15) is 4.79 Å². The van der Waals surface area contributed by atoms with Gasteiger partial charge in [0, 0.05) is 31.2 Å². The number of carbonyl (C=O) groups is 1. The van der Waals surface area contributed by atoms with Gasteiger partial charge in [0.1, 0.15) is 12.1 Å². The maximum atomic E-state index is 12.3. The van der Waals surface area contributed by atoms with Crippen LogP contribution in [0.15, 0.2) is 37.1 Å². The second-order valence-electron chi connectivity index (χ2n) is 6.28. The van der Waals surface area contributed by atoms with Crippen LogP contribution in [-0.2, 0) is 0 Å². The summed E-state index contributed by atoms with van der Waals surface area (Å²) in [5.41, 5.74) is 0.374. The average molecular weight is 302 g/mol. The van der Waals surface area contributed by atoms with Crippen LogP contribution in [0.4, 0.5) is 0 Å². The van der Waals surface area contributed by atoms with E-state index in [-0.39, 0.29) is 24.0 Å². The number of amides is 1. The Balaban J connectivity index is 2.09. The number of rotatable bonds is 5. The standard InChI is InChI=1S/C16H22N4O2/c1-16(2,3)13(6-9-21)19-15(22)12-4-5-14(18-10-12)20-8-7-17-11-20/h4-5,7-8,10-11,13,21H,6,9H2,1-3H3,(H,19,22). The van der Waals surface area contributed by atoms with Crippen LogP contribution in [0, 0.1) is 5.41 Å². The summed E-state index contributed by atoms with van der Waals surface area (Å²) >= 11 is 0. The van der Waals surface area contributed by atoms with E-state index < -0.39 is 0 Å². The predicted molar refractivity (Wildman–Crippen MR) is 83.8 cm³/mol. The number of nitrogens with zero attached hydrogens (tertiary/aromatic N) is 3. The van der Waals surface area contributed by atoms with Crippen LogP contribution in [0.5, 0.6) is 0 Å². The van der Waals surface area contributed by atoms with Crippen molar-refractivity contribution in [1.82, 2.24) is 19.9 Å². The number of carbonyl (C=O) groups excluding carboxylic acids is 1. The molecule has 1 unspecified atom stereocenters. The van der Waals surface area contributed by atoms with Gasteiger partial charge in [0.15, 0.2) is 0 Å². The van der Waals surface area contributed by atoms with Gasteiger partial charge >= 0.3 is 0 Å². The fraction of sp³-hybridized carbons (Fsp3) is 0.438. The van der Waals surface area contributed by atoms with Crippen molar-refractivity contribution < 1.29 is 9.90 Å². The first-order valence-electron chi connectivity index (χ1n) is 7.28. The molecule has 0 saturated heterocycles. The molecule has 1 atom stereocenters. The highest BCUT2D eigenvalue weighted by Crippen LogP contribution is 2.22. The summed E-state index contributed by atoms with van der Waals surface area (Å²) in [5, 5.41) is 12.1. The maximum Gasteiger partial charge on any atom is 0.253 e. The van der Waals surface area contributed by atoms with Crippen LogP contribution >= 0.6 is 0 Å². The average Bonchev–Trinajstić information content (AvgIpc) is 3.00. The van der Waals surface area contributed by atoms with Crippen molar-refractivity contribution in [2.24, 2.45) is 5.41 Å². The van der Waals surface area contributed by atoms with Crippen LogP contribution in [0.25, 0.3) is 5.82 Å². The Morgan fingerprint density at radius 1 is 1.41 bits per heavy atom. The first-order chi connectivity index (χ1) is 10.4. The zero-order valence-electron chi connectivity index (χ0n) is 13.2. The normalized spacial score (nSPS) is 12.9. The van der Waals surface area contributed by atoms with Gasteiger partial charge in [-0.15, -0.1) is 0 Å². The monoisotopic (exact) mass is 302 g/mol. The van der Waals surface area contributed by atoms with E-state index in [4.69, 9.17) is 5.11 Å². The van der Waals surface area contributed by atoms with E-state index in [0.717, 1.165) is 0 Å². The fourth-order valence-electron chi connectivity index (χ4n) is 2.16. The van der Waals surface area contributed by atoms with Crippen molar-refractivity contribution in [2.75, 3.05) is 6.61 Å². The highest BCUT2D eigenvalue weighted by Gasteiger charge is 2.26. The Labute approximate surface area is 130 Å². The summed E-state index contributed by atoms with van der Waals surface area (Å²) in [6.07, 6.45) is 7.18. The quantitative estimate of drug-likeness (QED) is 0.882. The molecule has 0 fully saturated rings. The molecule has 118 valence electrons. The van der Waals surface area contributed by atoms with Gasteiger partial charge in [-0.1, -0.05) is 20.8 Å². The SMILES string of the molecule is CC(C)(C)C(CCO)NC(=O)c1ccc(-n2ccnc2)nc1. The third-order valence-electron chi connectivity index (χ3n) is 3.55. The van der Waals surface area contributed by atoms with E-state index in [0.29, 0.717) is 17.8 Å². The number of imidazole rings is 1. The minimum absolute atomic E-state index is 0.0417. The molecular weight excluding hydrogens is 280 g/mol. The molecule has 2 aromatic heterocycles. The maximum absolute atomic E-state index is 12.3. The molecule has 6 nitrogen and oxygen atoms in total. The second-order valence-corrected chi connectivity index (χ2v) is 6.28. The van der Waals surface area contributed by atoms with Crippen LogP contribution in [0.3, 0.4) is 0 Å². The van der Waals surface area contributed by atoms with Crippen molar-refractivity contribution in [3.8, 4) is 5.82 Å². The number of aliphatic hydroxyl groups excluding tert-OH is 1. The highest BCUT2D eigenvalue weighted by atomic mass is 16.3. The van der Waals surface area contributed by atoms with Gasteiger partial charge in [-0.25, -0.2) is 9.97 Å². The summed E-state index contributed by atoms with van der Waals surface area (Å²) in [7, 11) is 0. The first kappa shape index (κ1) is 16.2. The molecule has 0 spiro atoms. The van der Waals surface area contributed by atoms with Gasteiger partial charge in [0.05, 0.1) is 5.56 Å². The number of aromatic nitrogens is 3. The number of hydrogen-bond acceptors (Lipinski definition) is 4. The fourth-order valence-corrected chi connectivity index (χ4v) is 2.16. The third-order valence-corrected chi connectivity index (χ3v) is 3.55.